The van der Waals surface area contributed by atoms with Crippen LogP contribution in [0.5, 0.6) is 0 Å². The molecule has 0 fully saturated rings. The van der Waals surface area contributed by atoms with Crippen molar-refractivity contribution in [3.63, 3.8) is 0 Å². The number of hydrogen-bond donors (Lipinski definition) is 0. The summed E-state index contributed by atoms with van der Waals surface area (Å²) in [6.07, 6.45) is 6.82. The molecule has 1 aliphatic rings. The normalized spacial score (nSPS) is 13.8. The van der Waals surface area contributed by atoms with E-state index in [-0.39, 0.29) is 23.7 Å². The standard InChI is InChI=1S/C16H18N4O4/c1-2-19(13-6-4-3-5-7-13)15(21)11-18-10-14(20(23)24)8-12(9-17)16(18)22/h6,8,10H,2-5,7,11H2,1H3. The number of hydrogen-bond acceptors (Lipinski definition) is 5. The summed E-state index contributed by atoms with van der Waals surface area (Å²) >= 11 is 0. The van der Waals surface area contributed by atoms with Crippen LogP contribution < -0.4 is 5.56 Å². The Kier molecular flexibility index (Phi) is 5.47. The lowest BCUT2D eigenvalue weighted by Crippen LogP contribution is -2.36. The lowest BCUT2D eigenvalue weighted by molar-refractivity contribution is -0.385. The van der Waals surface area contributed by atoms with Gasteiger partial charge in [0.25, 0.3) is 11.2 Å². The molecule has 0 unspecified atom stereocenters. The molecule has 0 saturated carbocycles. The maximum absolute atomic E-state index is 12.5. The predicted octanol–water partition coefficient (Wildman–Crippen LogP) is 1.93. The lowest BCUT2D eigenvalue weighted by Gasteiger charge is -2.26. The smallest absolute Gasteiger partial charge is 0.287 e. The van der Waals surface area contributed by atoms with E-state index in [1.165, 1.54) is 0 Å². The average molecular weight is 330 g/mol. The van der Waals surface area contributed by atoms with Gasteiger partial charge in [0.1, 0.15) is 18.2 Å². The van der Waals surface area contributed by atoms with Gasteiger partial charge in [-0.05, 0) is 32.6 Å². The van der Waals surface area contributed by atoms with E-state index in [2.05, 4.69) is 0 Å². The molecule has 1 aromatic heterocycles. The average Bonchev–Trinajstić information content (AvgIpc) is 2.58. The van der Waals surface area contributed by atoms with E-state index in [4.69, 9.17) is 5.26 Å². The number of nitro groups is 1. The van der Waals surface area contributed by atoms with Gasteiger partial charge in [0.05, 0.1) is 11.1 Å². The number of carbonyl (C=O) groups is 1. The van der Waals surface area contributed by atoms with Gasteiger partial charge >= 0.3 is 0 Å². The zero-order valence-corrected chi connectivity index (χ0v) is 13.4. The van der Waals surface area contributed by atoms with Gasteiger partial charge in [0.2, 0.25) is 5.91 Å². The number of likely N-dealkylation sites (N-methyl/N-ethyl adjacent to an activating group) is 1. The molecule has 8 heteroatoms. The fourth-order valence-electron chi connectivity index (χ4n) is 2.75. The molecule has 126 valence electrons. The number of rotatable bonds is 5. The van der Waals surface area contributed by atoms with Gasteiger partial charge in [-0.3, -0.25) is 24.3 Å². The Morgan fingerprint density at radius 3 is 2.79 bits per heavy atom. The highest BCUT2D eigenvalue weighted by molar-refractivity contribution is 5.78. The van der Waals surface area contributed by atoms with Crippen molar-refractivity contribution < 1.29 is 9.72 Å². The van der Waals surface area contributed by atoms with Crippen LogP contribution in [0.4, 0.5) is 5.69 Å². The maximum atomic E-state index is 12.5. The molecule has 8 nitrogen and oxygen atoms in total. The predicted molar refractivity (Wildman–Crippen MR) is 86.0 cm³/mol. The zero-order valence-electron chi connectivity index (χ0n) is 13.4. The molecule has 0 radical (unpaired) electrons. The molecule has 0 aromatic carbocycles. The second-order valence-corrected chi connectivity index (χ2v) is 5.49. The van der Waals surface area contributed by atoms with Crippen molar-refractivity contribution in [2.24, 2.45) is 0 Å². The third-order valence-electron chi connectivity index (χ3n) is 3.94. The molecular weight excluding hydrogens is 312 g/mol. The van der Waals surface area contributed by atoms with Crippen LogP contribution in [0.3, 0.4) is 0 Å². The lowest BCUT2D eigenvalue weighted by atomic mass is 10.0. The first-order chi connectivity index (χ1) is 11.5. The first-order valence-electron chi connectivity index (χ1n) is 7.76. The Bertz CT molecular complexity index is 788. The summed E-state index contributed by atoms with van der Waals surface area (Å²) < 4.78 is 0.936. The monoisotopic (exact) mass is 330 g/mol. The van der Waals surface area contributed by atoms with Gasteiger partial charge in [-0.2, -0.15) is 5.26 Å². The number of aromatic nitrogens is 1. The molecule has 0 N–H and O–H groups in total. The molecule has 1 amide bonds. The molecule has 1 aromatic rings. The highest BCUT2D eigenvalue weighted by Gasteiger charge is 2.21. The van der Waals surface area contributed by atoms with Crippen LogP contribution in [0.2, 0.25) is 0 Å². The first-order valence-corrected chi connectivity index (χ1v) is 7.76. The fourth-order valence-corrected chi connectivity index (χ4v) is 2.75. The van der Waals surface area contributed by atoms with E-state index in [9.17, 15) is 19.7 Å². The van der Waals surface area contributed by atoms with E-state index in [0.717, 1.165) is 48.2 Å². The van der Waals surface area contributed by atoms with Crippen LogP contribution in [-0.2, 0) is 11.3 Å². The number of nitrogens with zero attached hydrogens (tertiary/aromatic N) is 4. The number of carbonyl (C=O) groups excluding carboxylic acids is 1. The van der Waals surface area contributed by atoms with Crippen molar-refractivity contribution >= 4 is 11.6 Å². The Balaban J connectivity index is 2.32. The third kappa shape index (κ3) is 3.68. The van der Waals surface area contributed by atoms with Crippen LogP contribution in [0.15, 0.2) is 28.8 Å². The minimum absolute atomic E-state index is 0.322. The van der Waals surface area contributed by atoms with Gasteiger partial charge < -0.3 is 4.90 Å². The van der Waals surface area contributed by atoms with E-state index in [1.807, 2.05) is 13.0 Å². The van der Waals surface area contributed by atoms with Crippen LogP contribution in [-0.4, -0.2) is 26.8 Å². The van der Waals surface area contributed by atoms with Gasteiger partial charge in [0.15, 0.2) is 0 Å². The molecule has 2 rings (SSSR count). The number of allylic oxidation sites excluding steroid dienone is 2. The molecule has 24 heavy (non-hydrogen) atoms. The van der Waals surface area contributed by atoms with E-state index < -0.39 is 10.5 Å². The number of amides is 1. The summed E-state index contributed by atoms with van der Waals surface area (Å²) in [5, 5.41) is 19.9. The highest BCUT2D eigenvalue weighted by atomic mass is 16.6. The third-order valence-corrected chi connectivity index (χ3v) is 3.94. The molecule has 0 bridgehead atoms. The van der Waals surface area contributed by atoms with E-state index >= 15 is 0 Å². The Labute approximate surface area is 138 Å². The summed E-state index contributed by atoms with van der Waals surface area (Å²) in [7, 11) is 0. The second-order valence-electron chi connectivity index (χ2n) is 5.49. The summed E-state index contributed by atoms with van der Waals surface area (Å²) in [4.78, 5) is 36.5. The largest absolute Gasteiger partial charge is 0.315 e. The Hall–Kier alpha value is -2.95. The SMILES string of the molecule is CCN(C(=O)Cn1cc([N+](=O)[O-])cc(C#N)c1=O)C1=CCCCC1. The minimum atomic E-state index is -0.704. The molecule has 0 saturated heterocycles. The Morgan fingerprint density at radius 2 is 2.25 bits per heavy atom. The molecule has 1 heterocycles. The van der Waals surface area contributed by atoms with Crippen molar-refractivity contribution in [2.45, 2.75) is 39.2 Å². The molecule has 0 aliphatic heterocycles. The quantitative estimate of drug-likeness (QED) is 0.605. The van der Waals surface area contributed by atoms with Crippen molar-refractivity contribution in [3.05, 3.63) is 50.1 Å². The highest BCUT2D eigenvalue weighted by Crippen LogP contribution is 2.21. The molecule has 0 atom stereocenters. The fraction of sp³-hybridized carbons (Fsp3) is 0.438. The number of pyridine rings is 1. The van der Waals surface area contributed by atoms with Gasteiger partial charge in [-0.15, -0.1) is 0 Å². The van der Waals surface area contributed by atoms with Gasteiger partial charge in [-0.1, -0.05) is 6.08 Å². The molecule has 0 spiro atoms. The zero-order chi connectivity index (χ0) is 17.7. The van der Waals surface area contributed by atoms with Crippen molar-refractivity contribution in [3.8, 4) is 6.07 Å². The van der Waals surface area contributed by atoms with Crippen LogP contribution in [0, 0.1) is 21.4 Å². The second kappa shape index (κ2) is 7.55. The maximum Gasteiger partial charge on any atom is 0.287 e. The van der Waals surface area contributed by atoms with Crippen molar-refractivity contribution in [1.29, 1.82) is 5.26 Å². The Morgan fingerprint density at radius 1 is 1.50 bits per heavy atom. The van der Waals surface area contributed by atoms with Gasteiger partial charge in [-0.25, -0.2) is 0 Å². The molecular formula is C16H18N4O4. The molecule has 1 aliphatic carbocycles. The van der Waals surface area contributed by atoms with Crippen LogP contribution in [0.1, 0.15) is 38.2 Å². The van der Waals surface area contributed by atoms with Crippen LogP contribution >= 0.6 is 0 Å². The van der Waals surface area contributed by atoms with E-state index in [0.29, 0.717) is 6.54 Å². The topological polar surface area (TPSA) is 109 Å². The first kappa shape index (κ1) is 17.4. The summed E-state index contributed by atoms with van der Waals surface area (Å²) in [5.74, 6) is -0.322. The van der Waals surface area contributed by atoms with Crippen molar-refractivity contribution in [2.75, 3.05) is 6.54 Å². The van der Waals surface area contributed by atoms with E-state index in [1.54, 1.807) is 11.0 Å². The summed E-state index contributed by atoms with van der Waals surface area (Å²) in [6.45, 7) is 1.96. The van der Waals surface area contributed by atoms with Crippen LogP contribution in [0.25, 0.3) is 0 Å². The number of nitriles is 1. The van der Waals surface area contributed by atoms with Gasteiger partial charge in [0, 0.05) is 18.3 Å². The summed E-state index contributed by atoms with van der Waals surface area (Å²) in [5.41, 5.74) is -0.520. The minimum Gasteiger partial charge on any atom is -0.315 e. The summed E-state index contributed by atoms with van der Waals surface area (Å²) in [6, 6.07) is 2.56. The van der Waals surface area contributed by atoms with Crippen molar-refractivity contribution in [1.82, 2.24) is 9.47 Å².